The van der Waals surface area contributed by atoms with E-state index in [0.29, 0.717) is 11.4 Å². The molecule has 4 heteroatoms. The van der Waals surface area contributed by atoms with Crippen LogP contribution in [0.5, 0.6) is 11.5 Å². The Morgan fingerprint density at radius 1 is 0.727 bits per heavy atom. The van der Waals surface area contributed by atoms with Crippen molar-refractivity contribution >= 4 is 11.4 Å². The van der Waals surface area contributed by atoms with Crippen molar-refractivity contribution in [1.29, 1.82) is 0 Å². The Bertz CT molecular complexity index is 638. The fraction of sp³-hybridized carbons (Fsp3) is 0.333. The predicted octanol–water partition coefficient (Wildman–Crippen LogP) is 3.51. The fourth-order valence-electron chi connectivity index (χ4n) is 3.78. The number of nitrogens with two attached hydrogens (primary N) is 2. The normalized spacial score (nSPS) is 17.3. The zero-order valence-electron chi connectivity index (χ0n) is 12.5. The van der Waals surface area contributed by atoms with Gasteiger partial charge in [0.05, 0.1) is 11.4 Å². The maximum absolute atomic E-state index is 10.0. The van der Waals surface area contributed by atoms with E-state index in [0.717, 1.165) is 36.8 Å². The van der Waals surface area contributed by atoms with Gasteiger partial charge in [-0.25, -0.2) is 0 Å². The van der Waals surface area contributed by atoms with Crippen molar-refractivity contribution in [2.75, 3.05) is 11.5 Å². The van der Waals surface area contributed by atoms with Gasteiger partial charge in [0.2, 0.25) is 0 Å². The molecule has 0 atom stereocenters. The summed E-state index contributed by atoms with van der Waals surface area (Å²) < 4.78 is 0. The van der Waals surface area contributed by atoms with E-state index in [1.165, 1.54) is 6.42 Å². The quantitative estimate of drug-likeness (QED) is 0.504. The first kappa shape index (κ1) is 14.6. The lowest BCUT2D eigenvalue weighted by atomic mass is 9.64. The van der Waals surface area contributed by atoms with Crippen LogP contribution in [0.3, 0.4) is 0 Å². The summed E-state index contributed by atoms with van der Waals surface area (Å²) in [6.45, 7) is 0. The summed E-state index contributed by atoms with van der Waals surface area (Å²) in [4.78, 5) is 0. The lowest BCUT2D eigenvalue weighted by Gasteiger charge is -2.40. The number of hydrogen-bond acceptors (Lipinski definition) is 4. The first-order valence-electron chi connectivity index (χ1n) is 7.72. The second-order valence-electron chi connectivity index (χ2n) is 6.12. The van der Waals surface area contributed by atoms with Crippen molar-refractivity contribution < 1.29 is 10.2 Å². The van der Waals surface area contributed by atoms with Crippen molar-refractivity contribution in [3.63, 3.8) is 0 Å². The summed E-state index contributed by atoms with van der Waals surface area (Å²) in [5, 5.41) is 20.0. The molecule has 0 radical (unpaired) electrons. The average molecular weight is 298 g/mol. The minimum absolute atomic E-state index is 0.0983. The number of para-hydroxylation sites is 2. The number of benzene rings is 2. The minimum atomic E-state index is -0.343. The Morgan fingerprint density at radius 3 is 1.64 bits per heavy atom. The van der Waals surface area contributed by atoms with E-state index in [1.807, 2.05) is 24.3 Å². The number of hydrogen-bond donors (Lipinski definition) is 4. The van der Waals surface area contributed by atoms with Gasteiger partial charge in [0.25, 0.3) is 0 Å². The molecule has 1 aliphatic rings. The Kier molecular flexibility index (Phi) is 3.61. The van der Waals surface area contributed by atoms with Crippen LogP contribution in [0, 0.1) is 0 Å². The molecule has 0 aliphatic heterocycles. The lowest BCUT2D eigenvalue weighted by molar-refractivity contribution is 0.345. The molecule has 0 aromatic heterocycles. The van der Waals surface area contributed by atoms with E-state index in [-0.39, 0.29) is 16.9 Å². The maximum atomic E-state index is 10.0. The molecule has 2 aromatic rings. The molecular weight excluding hydrogens is 276 g/mol. The van der Waals surface area contributed by atoms with Crippen molar-refractivity contribution in [3.8, 4) is 11.5 Å². The summed E-state index contributed by atoms with van der Waals surface area (Å²) in [6.07, 6.45) is 5.15. The lowest BCUT2D eigenvalue weighted by Crippen LogP contribution is -2.32. The zero-order valence-corrected chi connectivity index (χ0v) is 12.5. The number of rotatable bonds is 2. The van der Waals surface area contributed by atoms with Gasteiger partial charge in [0, 0.05) is 5.41 Å². The monoisotopic (exact) mass is 298 g/mol. The van der Waals surface area contributed by atoms with E-state index in [4.69, 9.17) is 11.5 Å². The van der Waals surface area contributed by atoms with Crippen molar-refractivity contribution in [2.45, 2.75) is 37.5 Å². The van der Waals surface area contributed by atoms with Gasteiger partial charge in [-0.1, -0.05) is 43.5 Å². The summed E-state index contributed by atoms with van der Waals surface area (Å²) >= 11 is 0. The summed E-state index contributed by atoms with van der Waals surface area (Å²) in [5.41, 5.74) is 14.6. The summed E-state index contributed by atoms with van der Waals surface area (Å²) in [7, 11) is 0. The van der Waals surface area contributed by atoms with Gasteiger partial charge < -0.3 is 21.7 Å². The van der Waals surface area contributed by atoms with Gasteiger partial charge >= 0.3 is 0 Å². The topological polar surface area (TPSA) is 92.5 Å². The van der Waals surface area contributed by atoms with Gasteiger partial charge in [0.1, 0.15) is 11.5 Å². The van der Waals surface area contributed by atoms with Crippen molar-refractivity contribution in [3.05, 3.63) is 47.5 Å². The molecule has 0 unspecified atom stereocenters. The molecule has 0 saturated heterocycles. The fourth-order valence-corrected chi connectivity index (χ4v) is 3.78. The predicted molar refractivity (Wildman–Crippen MR) is 88.9 cm³/mol. The van der Waals surface area contributed by atoms with E-state index in [1.54, 1.807) is 12.1 Å². The molecule has 6 N–H and O–H groups in total. The Balaban J connectivity index is 2.25. The highest BCUT2D eigenvalue weighted by Crippen LogP contribution is 2.50. The number of aromatic hydroxyl groups is 2. The Labute approximate surface area is 130 Å². The molecule has 0 bridgehead atoms. The van der Waals surface area contributed by atoms with Crippen LogP contribution in [0.4, 0.5) is 11.4 Å². The second kappa shape index (κ2) is 5.44. The maximum Gasteiger partial charge on any atom is 0.138 e. The highest BCUT2D eigenvalue weighted by molar-refractivity contribution is 5.68. The molecule has 1 aliphatic carbocycles. The number of phenols is 2. The smallest absolute Gasteiger partial charge is 0.138 e. The molecule has 2 aromatic carbocycles. The molecule has 0 heterocycles. The molecule has 4 nitrogen and oxygen atoms in total. The summed E-state index contributed by atoms with van der Waals surface area (Å²) in [5.74, 6) is 0.197. The van der Waals surface area contributed by atoms with Crippen molar-refractivity contribution in [1.82, 2.24) is 0 Å². The van der Waals surface area contributed by atoms with Gasteiger partial charge in [-0.15, -0.1) is 0 Å². The second-order valence-corrected chi connectivity index (χ2v) is 6.12. The molecule has 1 fully saturated rings. The van der Waals surface area contributed by atoms with Crippen LogP contribution in [0.25, 0.3) is 0 Å². The number of anilines is 2. The standard InChI is InChI=1S/C18H22N2O2/c19-16-12(6-4-8-14(16)21)18(10-2-1-3-11-18)13-7-5-9-15(22)17(13)20/h4-9,21-22H,1-3,10-11,19-20H2. The molecule has 22 heavy (non-hydrogen) atoms. The highest BCUT2D eigenvalue weighted by Gasteiger charge is 2.39. The first-order valence-corrected chi connectivity index (χ1v) is 7.72. The molecular formula is C18H22N2O2. The SMILES string of the molecule is Nc1c(O)cccc1C1(c2cccc(O)c2N)CCCCC1. The zero-order chi connectivity index (χ0) is 15.7. The summed E-state index contributed by atoms with van der Waals surface area (Å²) in [6, 6.07) is 10.8. The van der Waals surface area contributed by atoms with Crippen molar-refractivity contribution in [2.24, 2.45) is 0 Å². The third-order valence-electron chi connectivity index (χ3n) is 4.90. The van der Waals surface area contributed by atoms with E-state index < -0.39 is 0 Å². The third kappa shape index (κ3) is 2.15. The van der Waals surface area contributed by atoms with Gasteiger partial charge in [-0.05, 0) is 36.1 Å². The first-order chi connectivity index (χ1) is 10.6. The van der Waals surface area contributed by atoms with Crippen LogP contribution in [0.15, 0.2) is 36.4 Å². The molecule has 1 saturated carbocycles. The van der Waals surface area contributed by atoms with Crippen LogP contribution in [-0.4, -0.2) is 10.2 Å². The van der Waals surface area contributed by atoms with E-state index in [2.05, 4.69) is 0 Å². The van der Waals surface area contributed by atoms with Crippen LogP contribution < -0.4 is 11.5 Å². The average Bonchev–Trinajstić information content (AvgIpc) is 2.53. The Morgan fingerprint density at radius 2 is 1.18 bits per heavy atom. The Hall–Kier alpha value is -2.36. The molecule has 116 valence electrons. The molecule has 0 spiro atoms. The van der Waals surface area contributed by atoms with E-state index in [9.17, 15) is 10.2 Å². The van der Waals surface area contributed by atoms with Gasteiger partial charge in [-0.2, -0.15) is 0 Å². The van der Waals surface area contributed by atoms with Gasteiger partial charge in [-0.3, -0.25) is 0 Å². The third-order valence-corrected chi connectivity index (χ3v) is 4.90. The van der Waals surface area contributed by atoms with Crippen LogP contribution in [-0.2, 0) is 5.41 Å². The van der Waals surface area contributed by atoms with E-state index >= 15 is 0 Å². The molecule has 0 amide bonds. The largest absolute Gasteiger partial charge is 0.506 e. The van der Waals surface area contributed by atoms with Gasteiger partial charge in [0.15, 0.2) is 0 Å². The highest BCUT2D eigenvalue weighted by atomic mass is 16.3. The molecule has 3 rings (SSSR count). The number of phenolic OH excluding ortho intramolecular Hbond substituents is 2. The minimum Gasteiger partial charge on any atom is -0.506 e. The number of nitrogen functional groups attached to an aromatic ring is 2. The van der Waals surface area contributed by atoms with Crippen LogP contribution in [0.1, 0.15) is 43.2 Å². The van der Waals surface area contributed by atoms with Crippen LogP contribution in [0.2, 0.25) is 0 Å². The van der Waals surface area contributed by atoms with Crippen LogP contribution >= 0.6 is 0 Å².